The van der Waals surface area contributed by atoms with Crippen LogP contribution in [0, 0.1) is 11.2 Å². The first-order chi connectivity index (χ1) is 11.5. The fourth-order valence-electron chi connectivity index (χ4n) is 2.27. The maximum Gasteiger partial charge on any atom is 0.420 e. The average Bonchev–Trinajstić information content (AvgIpc) is 2.38. The summed E-state index contributed by atoms with van der Waals surface area (Å²) < 4.78 is 93.4. The number of alkyl halides is 6. The smallest absolute Gasteiger partial charge is 0.316 e. The van der Waals surface area contributed by atoms with Crippen molar-refractivity contribution >= 4 is 23.3 Å². The van der Waals surface area contributed by atoms with E-state index in [9.17, 15) is 35.5 Å². The van der Waals surface area contributed by atoms with Crippen LogP contribution in [-0.2, 0) is 0 Å². The summed E-state index contributed by atoms with van der Waals surface area (Å²) in [6, 6.07) is 0.830. The molecule has 0 aliphatic rings. The van der Waals surface area contributed by atoms with Crippen LogP contribution in [0.1, 0.15) is 27.2 Å². The molecule has 0 radical (unpaired) electrons. The summed E-state index contributed by atoms with van der Waals surface area (Å²) in [5.41, 5.74) is -6.16. The van der Waals surface area contributed by atoms with E-state index in [2.05, 4.69) is 0 Å². The van der Waals surface area contributed by atoms with Gasteiger partial charge in [0.1, 0.15) is 5.82 Å². The van der Waals surface area contributed by atoms with Crippen LogP contribution in [0.25, 0.3) is 0 Å². The van der Waals surface area contributed by atoms with Crippen LogP contribution in [0.4, 0.5) is 41.2 Å². The van der Waals surface area contributed by atoms with Gasteiger partial charge in [-0.2, -0.15) is 26.3 Å². The third-order valence-corrected chi connectivity index (χ3v) is 3.56. The van der Waals surface area contributed by atoms with Crippen molar-refractivity contribution < 1.29 is 35.5 Å². The SMILES string of the molecule is CC(C)(C)CC(NC(=O)Nc1ccc(F)c(Cl)c1)(C(F)(F)F)C(F)(F)F. The summed E-state index contributed by atoms with van der Waals surface area (Å²) >= 11 is 5.46. The molecule has 0 saturated carbocycles. The van der Waals surface area contributed by atoms with E-state index in [0.717, 1.165) is 23.5 Å². The van der Waals surface area contributed by atoms with Crippen molar-refractivity contribution in [2.45, 2.75) is 45.1 Å². The third kappa shape index (κ3) is 5.15. The van der Waals surface area contributed by atoms with E-state index in [-0.39, 0.29) is 5.69 Å². The molecule has 0 aliphatic carbocycles. The Morgan fingerprint density at radius 1 is 1.04 bits per heavy atom. The largest absolute Gasteiger partial charge is 0.420 e. The Balaban J connectivity index is 3.22. The molecule has 0 atom stereocenters. The number of benzene rings is 1. The Bertz CT molecular complexity index is 651. The number of carbonyl (C=O) groups excluding carboxylic acids is 1. The van der Waals surface area contributed by atoms with Crippen LogP contribution in [0.15, 0.2) is 18.2 Å². The summed E-state index contributed by atoms with van der Waals surface area (Å²) in [5, 5.41) is 2.34. The van der Waals surface area contributed by atoms with Crippen molar-refractivity contribution in [3.8, 4) is 0 Å². The molecule has 0 fully saturated rings. The number of urea groups is 1. The maximum atomic E-state index is 13.4. The predicted molar refractivity (Wildman–Crippen MR) is 82.5 cm³/mol. The van der Waals surface area contributed by atoms with Crippen LogP contribution in [0.3, 0.4) is 0 Å². The van der Waals surface area contributed by atoms with Crippen LogP contribution in [0.5, 0.6) is 0 Å². The topological polar surface area (TPSA) is 41.1 Å². The molecule has 0 bridgehead atoms. The lowest BCUT2D eigenvalue weighted by Crippen LogP contribution is -2.69. The molecule has 0 saturated heterocycles. The van der Waals surface area contributed by atoms with Crippen LogP contribution >= 0.6 is 11.6 Å². The lowest BCUT2D eigenvalue weighted by Gasteiger charge is -2.41. The minimum absolute atomic E-state index is 0.275. The maximum absolute atomic E-state index is 13.4. The summed E-state index contributed by atoms with van der Waals surface area (Å²) in [6.07, 6.45) is -13.1. The number of rotatable bonds is 3. The molecular formula is C15H16ClF7N2O. The predicted octanol–water partition coefficient (Wildman–Crippen LogP) is 5.90. The number of hydrogen-bond donors (Lipinski definition) is 2. The summed E-state index contributed by atoms with van der Waals surface area (Å²) in [5.74, 6) is -0.870. The number of carbonyl (C=O) groups is 1. The van der Waals surface area contributed by atoms with Crippen molar-refractivity contribution in [2.75, 3.05) is 5.32 Å². The van der Waals surface area contributed by atoms with Gasteiger partial charge in [0.2, 0.25) is 5.54 Å². The Hall–Kier alpha value is -1.71. The highest BCUT2D eigenvalue weighted by Crippen LogP contribution is 2.49. The number of amides is 2. The molecule has 2 N–H and O–H groups in total. The molecule has 2 amide bonds. The second kappa shape index (κ2) is 7.13. The summed E-state index contributed by atoms with van der Waals surface area (Å²) in [6.45, 7) is 3.54. The molecule has 1 aromatic rings. The molecule has 0 aromatic heterocycles. The second-order valence-electron chi connectivity index (χ2n) is 6.85. The molecule has 0 unspecified atom stereocenters. The quantitative estimate of drug-likeness (QED) is 0.601. The van der Waals surface area contributed by atoms with E-state index in [1.165, 1.54) is 20.8 Å². The van der Waals surface area contributed by atoms with Crippen LogP contribution in [-0.4, -0.2) is 23.9 Å². The highest BCUT2D eigenvalue weighted by atomic mass is 35.5. The van der Waals surface area contributed by atoms with E-state index >= 15 is 0 Å². The fraction of sp³-hybridized carbons (Fsp3) is 0.533. The molecule has 0 spiro atoms. The van der Waals surface area contributed by atoms with Gasteiger partial charge in [-0.3, -0.25) is 0 Å². The minimum Gasteiger partial charge on any atom is -0.316 e. The molecule has 3 nitrogen and oxygen atoms in total. The standard InChI is InChI=1S/C15H16ClF7N2O/c1-12(2,3)7-13(14(18,19)20,15(21,22)23)25-11(26)24-8-4-5-10(17)9(16)6-8/h4-6H,7H2,1-3H3,(H2,24,25,26). The van der Waals surface area contributed by atoms with E-state index < -0.39 is 46.6 Å². The Morgan fingerprint density at radius 3 is 1.92 bits per heavy atom. The highest BCUT2D eigenvalue weighted by Gasteiger charge is 2.72. The lowest BCUT2D eigenvalue weighted by molar-refractivity contribution is -0.310. The Kier molecular flexibility index (Phi) is 6.12. The molecule has 1 rings (SSSR count). The zero-order chi connectivity index (χ0) is 20.6. The fourth-order valence-corrected chi connectivity index (χ4v) is 2.45. The van der Waals surface area contributed by atoms with Gasteiger partial charge in [-0.25, -0.2) is 9.18 Å². The van der Waals surface area contributed by atoms with E-state index in [1.807, 2.05) is 0 Å². The van der Waals surface area contributed by atoms with Gasteiger partial charge in [0.25, 0.3) is 0 Å². The van der Waals surface area contributed by atoms with Gasteiger partial charge in [0, 0.05) is 5.69 Å². The van der Waals surface area contributed by atoms with Crippen LogP contribution < -0.4 is 10.6 Å². The first kappa shape index (κ1) is 22.3. The van der Waals surface area contributed by atoms with E-state index in [0.29, 0.717) is 0 Å². The zero-order valence-corrected chi connectivity index (χ0v) is 14.6. The molecule has 0 aliphatic heterocycles. The lowest BCUT2D eigenvalue weighted by atomic mass is 9.78. The van der Waals surface area contributed by atoms with Gasteiger partial charge in [0.15, 0.2) is 0 Å². The van der Waals surface area contributed by atoms with Crippen molar-refractivity contribution in [2.24, 2.45) is 5.41 Å². The third-order valence-electron chi connectivity index (χ3n) is 3.27. The minimum atomic E-state index is -5.81. The van der Waals surface area contributed by atoms with Gasteiger partial charge in [-0.15, -0.1) is 0 Å². The highest BCUT2D eigenvalue weighted by molar-refractivity contribution is 6.31. The van der Waals surface area contributed by atoms with Gasteiger partial charge in [-0.05, 0) is 30.0 Å². The number of nitrogens with one attached hydrogen (secondary N) is 2. The van der Waals surface area contributed by atoms with Gasteiger partial charge < -0.3 is 10.6 Å². The first-order valence-electron chi connectivity index (χ1n) is 7.16. The molecule has 0 heterocycles. The van der Waals surface area contributed by atoms with Crippen LogP contribution in [0.2, 0.25) is 5.02 Å². The van der Waals surface area contributed by atoms with Gasteiger partial charge in [0.05, 0.1) is 5.02 Å². The van der Waals surface area contributed by atoms with E-state index in [1.54, 1.807) is 5.32 Å². The Morgan fingerprint density at radius 2 is 1.54 bits per heavy atom. The van der Waals surface area contributed by atoms with E-state index in [4.69, 9.17) is 11.6 Å². The zero-order valence-electron chi connectivity index (χ0n) is 13.9. The first-order valence-corrected chi connectivity index (χ1v) is 7.54. The number of hydrogen-bond acceptors (Lipinski definition) is 1. The van der Waals surface area contributed by atoms with Gasteiger partial charge >= 0.3 is 18.4 Å². The number of halogens is 8. The molecular weight excluding hydrogens is 393 g/mol. The summed E-state index contributed by atoms with van der Waals surface area (Å²) in [4.78, 5) is 11.8. The molecule has 148 valence electrons. The second-order valence-corrected chi connectivity index (χ2v) is 7.25. The van der Waals surface area contributed by atoms with Crippen molar-refractivity contribution in [3.05, 3.63) is 29.0 Å². The molecule has 26 heavy (non-hydrogen) atoms. The molecule has 11 heteroatoms. The van der Waals surface area contributed by atoms with Crippen molar-refractivity contribution in [1.82, 2.24) is 5.32 Å². The normalized spacial score (nSPS) is 13.5. The average molecular weight is 409 g/mol. The summed E-state index contributed by atoms with van der Waals surface area (Å²) in [7, 11) is 0. The van der Waals surface area contributed by atoms with Gasteiger partial charge in [-0.1, -0.05) is 32.4 Å². The number of anilines is 1. The molecule has 1 aromatic carbocycles. The van der Waals surface area contributed by atoms with Crippen molar-refractivity contribution in [1.29, 1.82) is 0 Å². The Labute approximate surface area is 149 Å². The monoisotopic (exact) mass is 408 g/mol. The van der Waals surface area contributed by atoms with Crippen molar-refractivity contribution in [3.63, 3.8) is 0 Å².